The van der Waals surface area contributed by atoms with Gasteiger partial charge in [0.1, 0.15) is 5.01 Å². The molecule has 1 aromatic heterocycles. The van der Waals surface area contributed by atoms with Gasteiger partial charge in [-0.2, -0.15) is 0 Å². The van der Waals surface area contributed by atoms with Crippen LogP contribution < -0.4 is 11.1 Å². The van der Waals surface area contributed by atoms with Crippen molar-refractivity contribution in [3.05, 3.63) is 16.1 Å². The van der Waals surface area contributed by atoms with Gasteiger partial charge < -0.3 is 11.1 Å². The number of aryl methyl sites for hydroxylation is 1. The summed E-state index contributed by atoms with van der Waals surface area (Å²) in [6, 6.07) is 0.358. The van der Waals surface area contributed by atoms with Gasteiger partial charge in [-0.1, -0.05) is 19.3 Å². The van der Waals surface area contributed by atoms with Crippen molar-refractivity contribution < 1.29 is 0 Å². The fraction of sp³-hybridized carbons (Fsp3) is 0.800. The van der Waals surface area contributed by atoms with Gasteiger partial charge in [0.25, 0.3) is 0 Å². The summed E-state index contributed by atoms with van der Waals surface area (Å²) in [6.07, 6.45) is 7.95. The molecule has 19 heavy (non-hydrogen) atoms. The van der Waals surface area contributed by atoms with Gasteiger partial charge in [-0.15, -0.1) is 11.3 Å². The third-order valence-electron chi connectivity index (χ3n) is 4.46. The average molecular weight is 281 g/mol. The molecule has 1 unspecified atom stereocenters. The van der Waals surface area contributed by atoms with Crippen LogP contribution in [-0.2, 0) is 0 Å². The number of nitrogens with two attached hydrogens (primary N) is 1. The van der Waals surface area contributed by atoms with Gasteiger partial charge in [-0.25, -0.2) is 4.98 Å². The van der Waals surface area contributed by atoms with Gasteiger partial charge in [-0.05, 0) is 51.6 Å². The van der Waals surface area contributed by atoms with E-state index in [2.05, 4.69) is 29.5 Å². The molecule has 0 amide bonds. The van der Waals surface area contributed by atoms with E-state index < -0.39 is 0 Å². The van der Waals surface area contributed by atoms with Crippen molar-refractivity contribution in [1.82, 2.24) is 10.3 Å². The predicted molar refractivity (Wildman–Crippen MR) is 82.5 cm³/mol. The summed E-state index contributed by atoms with van der Waals surface area (Å²) in [5.41, 5.74) is 7.56. The molecule has 4 heteroatoms. The van der Waals surface area contributed by atoms with E-state index in [0.717, 1.165) is 18.8 Å². The topological polar surface area (TPSA) is 50.9 Å². The first-order chi connectivity index (χ1) is 9.15. The highest BCUT2D eigenvalue weighted by Crippen LogP contribution is 2.38. The van der Waals surface area contributed by atoms with Crippen molar-refractivity contribution >= 4 is 11.3 Å². The van der Waals surface area contributed by atoms with Crippen LogP contribution >= 0.6 is 11.3 Å². The summed E-state index contributed by atoms with van der Waals surface area (Å²) < 4.78 is 0. The van der Waals surface area contributed by atoms with E-state index in [1.54, 1.807) is 11.3 Å². The Labute approximate surface area is 121 Å². The maximum Gasteiger partial charge on any atom is 0.110 e. The van der Waals surface area contributed by atoms with Crippen molar-refractivity contribution in [1.29, 1.82) is 0 Å². The van der Waals surface area contributed by atoms with E-state index in [0.29, 0.717) is 11.5 Å². The molecular formula is C15H27N3S. The lowest BCUT2D eigenvalue weighted by molar-refractivity contribution is 0.179. The molecular weight excluding hydrogens is 254 g/mol. The number of hydrogen-bond acceptors (Lipinski definition) is 4. The minimum absolute atomic E-state index is 0.358. The first kappa shape index (κ1) is 14.9. The summed E-state index contributed by atoms with van der Waals surface area (Å²) in [4.78, 5) is 4.54. The van der Waals surface area contributed by atoms with Crippen LogP contribution in [0.4, 0.5) is 0 Å². The van der Waals surface area contributed by atoms with Gasteiger partial charge in [0, 0.05) is 11.1 Å². The largest absolute Gasteiger partial charge is 0.330 e. The monoisotopic (exact) mass is 281 g/mol. The SMILES string of the molecule is Cc1csc(C(C)NCCC2(CN)CCCCC2)n1. The van der Waals surface area contributed by atoms with E-state index in [1.807, 2.05) is 0 Å². The highest BCUT2D eigenvalue weighted by molar-refractivity contribution is 7.09. The predicted octanol–water partition coefficient (Wildman–Crippen LogP) is 3.40. The number of rotatable bonds is 6. The Bertz CT molecular complexity index is 382. The van der Waals surface area contributed by atoms with Gasteiger partial charge in [0.15, 0.2) is 0 Å². The molecule has 1 fully saturated rings. The Kier molecular flexibility index (Phi) is 5.37. The maximum atomic E-state index is 6.03. The van der Waals surface area contributed by atoms with Gasteiger partial charge >= 0.3 is 0 Å². The molecule has 1 atom stereocenters. The van der Waals surface area contributed by atoms with Crippen molar-refractivity contribution in [3.8, 4) is 0 Å². The van der Waals surface area contributed by atoms with Crippen LogP contribution in [-0.4, -0.2) is 18.1 Å². The third-order valence-corrected chi connectivity index (χ3v) is 5.61. The highest BCUT2D eigenvalue weighted by Gasteiger charge is 2.30. The van der Waals surface area contributed by atoms with E-state index in [4.69, 9.17) is 5.73 Å². The molecule has 0 aromatic carbocycles. The van der Waals surface area contributed by atoms with Crippen molar-refractivity contribution in [2.45, 2.75) is 58.4 Å². The molecule has 1 saturated carbocycles. The normalized spacial score (nSPS) is 20.4. The molecule has 1 aliphatic carbocycles. The number of nitrogens with one attached hydrogen (secondary N) is 1. The van der Waals surface area contributed by atoms with E-state index in [-0.39, 0.29) is 0 Å². The Morgan fingerprint density at radius 2 is 2.16 bits per heavy atom. The molecule has 108 valence electrons. The molecule has 0 bridgehead atoms. The summed E-state index contributed by atoms with van der Waals surface area (Å²) in [5.74, 6) is 0. The van der Waals surface area contributed by atoms with Crippen molar-refractivity contribution in [2.24, 2.45) is 11.1 Å². The standard InChI is InChI=1S/C15H27N3S/c1-12-10-19-14(18-12)13(2)17-9-8-15(11-16)6-4-3-5-7-15/h10,13,17H,3-9,11,16H2,1-2H3. The van der Waals surface area contributed by atoms with Crippen LogP contribution in [0.3, 0.4) is 0 Å². The van der Waals surface area contributed by atoms with Crippen LogP contribution in [0.2, 0.25) is 0 Å². The number of hydrogen-bond donors (Lipinski definition) is 2. The Morgan fingerprint density at radius 3 is 2.74 bits per heavy atom. The molecule has 2 rings (SSSR count). The zero-order valence-electron chi connectivity index (χ0n) is 12.2. The quantitative estimate of drug-likeness (QED) is 0.840. The summed E-state index contributed by atoms with van der Waals surface area (Å²) in [5, 5.41) is 6.93. The maximum absolute atomic E-state index is 6.03. The molecule has 0 radical (unpaired) electrons. The van der Waals surface area contributed by atoms with E-state index >= 15 is 0 Å². The lowest BCUT2D eigenvalue weighted by Crippen LogP contribution is -2.36. The first-order valence-corrected chi connectivity index (χ1v) is 8.39. The van der Waals surface area contributed by atoms with Crippen LogP contribution in [0, 0.1) is 12.3 Å². The van der Waals surface area contributed by atoms with E-state index in [1.165, 1.54) is 43.5 Å². The second-order valence-corrected chi connectivity index (χ2v) is 6.91. The molecule has 3 nitrogen and oxygen atoms in total. The fourth-order valence-electron chi connectivity index (χ4n) is 3.07. The summed E-state index contributed by atoms with van der Waals surface area (Å²) in [7, 11) is 0. The van der Waals surface area contributed by atoms with Gasteiger partial charge in [-0.3, -0.25) is 0 Å². The third kappa shape index (κ3) is 4.01. The lowest BCUT2D eigenvalue weighted by atomic mass is 9.72. The van der Waals surface area contributed by atoms with E-state index in [9.17, 15) is 0 Å². The Morgan fingerprint density at radius 1 is 1.42 bits per heavy atom. The van der Waals surface area contributed by atoms with Crippen LogP contribution in [0.1, 0.15) is 62.2 Å². The van der Waals surface area contributed by atoms with Gasteiger partial charge in [0.05, 0.1) is 6.04 Å². The molecule has 0 aliphatic heterocycles. The minimum atomic E-state index is 0.358. The average Bonchev–Trinajstić information content (AvgIpc) is 2.86. The van der Waals surface area contributed by atoms with Crippen LogP contribution in [0.25, 0.3) is 0 Å². The number of nitrogens with zero attached hydrogens (tertiary/aromatic N) is 1. The Hall–Kier alpha value is -0.450. The zero-order valence-corrected chi connectivity index (χ0v) is 13.1. The number of thiazole rings is 1. The van der Waals surface area contributed by atoms with Crippen LogP contribution in [0.5, 0.6) is 0 Å². The molecule has 1 aliphatic rings. The van der Waals surface area contributed by atoms with Crippen LogP contribution in [0.15, 0.2) is 5.38 Å². The van der Waals surface area contributed by atoms with Crippen molar-refractivity contribution in [3.63, 3.8) is 0 Å². The molecule has 1 heterocycles. The fourth-order valence-corrected chi connectivity index (χ4v) is 3.90. The zero-order chi connectivity index (χ0) is 13.7. The molecule has 1 aromatic rings. The number of aromatic nitrogens is 1. The lowest BCUT2D eigenvalue weighted by Gasteiger charge is -2.36. The Balaban J connectivity index is 1.78. The smallest absolute Gasteiger partial charge is 0.110 e. The summed E-state index contributed by atoms with van der Waals surface area (Å²) >= 11 is 1.75. The highest BCUT2D eigenvalue weighted by atomic mass is 32.1. The second kappa shape index (κ2) is 6.82. The second-order valence-electron chi connectivity index (χ2n) is 6.02. The summed E-state index contributed by atoms with van der Waals surface area (Å²) in [6.45, 7) is 6.16. The van der Waals surface area contributed by atoms with Crippen molar-refractivity contribution in [2.75, 3.05) is 13.1 Å². The minimum Gasteiger partial charge on any atom is -0.330 e. The first-order valence-electron chi connectivity index (χ1n) is 7.51. The molecule has 0 saturated heterocycles. The molecule has 3 N–H and O–H groups in total. The molecule has 0 spiro atoms. The van der Waals surface area contributed by atoms with Gasteiger partial charge in [0.2, 0.25) is 0 Å².